The lowest BCUT2D eigenvalue weighted by Crippen LogP contribution is -2.48. The van der Waals surface area contributed by atoms with Gasteiger partial charge in [0.25, 0.3) is 0 Å². The van der Waals surface area contributed by atoms with Crippen LogP contribution in [0, 0.1) is 5.82 Å². The van der Waals surface area contributed by atoms with E-state index in [4.69, 9.17) is 4.74 Å². The number of pyridine rings is 1. The van der Waals surface area contributed by atoms with Crippen molar-refractivity contribution in [3.05, 3.63) is 23.6 Å². The Kier molecular flexibility index (Phi) is 4.94. The first-order valence-corrected chi connectivity index (χ1v) is 7.23. The van der Waals surface area contributed by atoms with Gasteiger partial charge < -0.3 is 15.0 Å². The molecule has 1 N–H and O–H groups in total. The van der Waals surface area contributed by atoms with E-state index in [1.165, 1.54) is 6.20 Å². The molecular formula is C15H24FN3O. The summed E-state index contributed by atoms with van der Waals surface area (Å²) in [6, 6.07) is 2.18. The molecule has 0 amide bonds. The van der Waals surface area contributed by atoms with Gasteiger partial charge in [-0.1, -0.05) is 13.8 Å². The van der Waals surface area contributed by atoms with E-state index in [0.29, 0.717) is 19.2 Å². The van der Waals surface area contributed by atoms with Crippen molar-refractivity contribution in [3.8, 4) is 0 Å². The fourth-order valence-electron chi connectivity index (χ4n) is 2.38. The van der Waals surface area contributed by atoms with Gasteiger partial charge in [0.15, 0.2) is 0 Å². The van der Waals surface area contributed by atoms with Gasteiger partial charge in [0.05, 0.1) is 24.9 Å². The van der Waals surface area contributed by atoms with Gasteiger partial charge in [0.1, 0.15) is 11.6 Å². The molecule has 0 bridgehead atoms. The molecule has 1 saturated heterocycles. The molecule has 0 radical (unpaired) electrons. The normalized spacial score (nSPS) is 23.4. The standard InChI is InChI=1S/C15H24FN3O/c1-10(2)17-6-13-5-14(16)7-18-15(13)19-8-12(4)20-9-11(19)3/h5,7,10-12,17H,6,8-9H2,1-4H3. The molecule has 0 saturated carbocycles. The number of morpholine rings is 1. The van der Waals surface area contributed by atoms with E-state index >= 15 is 0 Å². The first kappa shape index (κ1) is 15.2. The van der Waals surface area contributed by atoms with Crippen LogP contribution >= 0.6 is 0 Å². The Morgan fingerprint density at radius 3 is 2.95 bits per heavy atom. The van der Waals surface area contributed by atoms with E-state index in [1.54, 1.807) is 6.07 Å². The zero-order valence-corrected chi connectivity index (χ0v) is 12.7. The highest BCUT2D eigenvalue weighted by atomic mass is 19.1. The highest BCUT2D eigenvalue weighted by Crippen LogP contribution is 2.24. The second-order valence-corrected chi connectivity index (χ2v) is 5.82. The lowest BCUT2D eigenvalue weighted by Gasteiger charge is -2.38. The molecule has 1 aliphatic heterocycles. The zero-order chi connectivity index (χ0) is 14.7. The van der Waals surface area contributed by atoms with Crippen LogP contribution in [0.4, 0.5) is 10.2 Å². The van der Waals surface area contributed by atoms with Crippen molar-refractivity contribution in [2.24, 2.45) is 0 Å². The monoisotopic (exact) mass is 281 g/mol. The lowest BCUT2D eigenvalue weighted by molar-refractivity contribution is 0.0339. The Labute approximate surface area is 120 Å². The van der Waals surface area contributed by atoms with Crippen molar-refractivity contribution in [1.29, 1.82) is 0 Å². The SMILES string of the molecule is CC(C)NCc1cc(F)cnc1N1CC(C)OCC1C. The van der Waals surface area contributed by atoms with Crippen molar-refractivity contribution in [2.75, 3.05) is 18.1 Å². The molecule has 2 atom stereocenters. The van der Waals surface area contributed by atoms with Gasteiger partial charge in [-0.3, -0.25) is 0 Å². The summed E-state index contributed by atoms with van der Waals surface area (Å²) in [6.45, 7) is 10.4. The van der Waals surface area contributed by atoms with E-state index in [1.807, 2.05) is 0 Å². The van der Waals surface area contributed by atoms with Crippen molar-refractivity contribution in [1.82, 2.24) is 10.3 Å². The van der Waals surface area contributed by atoms with Gasteiger partial charge >= 0.3 is 0 Å². The van der Waals surface area contributed by atoms with Crippen LogP contribution in [0.2, 0.25) is 0 Å². The Balaban J connectivity index is 2.24. The third-order valence-electron chi connectivity index (χ3n) is 3.49. The predicted molar refractivity (Wildman–Crippen MR) is 78.4 cm³/mol. The van der Waals surface area contributed by atoms with Crippen molar-refractivity contribution in [2.45, 2.75) is 52.4 Å². The van der Waals surface area contributed by atoms with Crippen LogP contribution in [0.3, 0.4) is 0 Å². The van der Waals surface area contributed by atoms with E-state index in [9.17, 15) is 4.39 Å². The Hall–Kier alpha value is -1.20. The van der Waals surface area contributed by atoms with Gasteiger partial charge in [-0.05, 0) is 19.9 Å². The highest BCUT2D eigenvalue weighted by molar-refractivity contribution is 5.48. The summed E-state index contributed by atoms with van der Waals surface area (Å²) >= 11 is 0. The Morgan fingerprint density at radius 2 is 2.25 bits per heavy atom. The van der Waals surface area contributed by atoms with Gasteiger partial charge in [-0.25, -0.2) is 9.37 Å². The second kappa shape index (κ2) is 6.50. The van der Waals surface area contributed by atoms with Crippen molar-refractivity contribution in [3.63, 3.8) is 0 Å². The smallest absolute Gasteiger partial charge is 0.141 e. The number of ether oxygens (including phenoxy) is 1. The average molecular weight is 281 g/mol. The Bertz CT molecular complexity index is 453. The molecule has 5 heteroatoms. The van der Waals surface area contributed by atoms with Crippen LogP contribution in [0.1, 0.15) is 33.3 Å². The molecule has 2 rings (SSSR count). The van der Waals surface area contributed by atoms with E-state index in [0.717, 1.165) is 17.9 Å². The predicted octanol–water partition coefficient (Wildman–Crippen LogP) is 2.33. The van der Waals surface area contributed by atoms with Gasteiger partial charge in [0, 0.05) is 24.7 Å². The van der Waals surface area contributed by atoms with Gasteiger partial charge in [0.2, 0.25) is 0 Å². The first-order valence-electron chi connectivity index (χ1n) is 7.23. The summed E-state index contributed by atoms with van der Waals surface area (Å²) in [5.74, 6) is 0.575. The molecule has 2 unspecified atom stereocenters. The summed E-state index contributed by atoms with van der Waals surface area (Å²) in [7, 11) is 0. The third-order valence-corrected chi connectivity index (χ3v) is 3.49. The quantitative estimate of drug-likeness (QED) is 0.919. The molecule has 1 aromatic rings. The number of nitrogens with one attached hydrogen (secondary N) is 1. The molecule has 112 valence electrons. The average Bonchev–Trinajstić information content (AvgIpc) is 2.39. The number of aromatic nitrogens is 1. The third kappa shape index (κ3) is 3.67. The number of nitrogens with zero attached hydrogens (tertiary/aromatic N) is 2. The van der Waals surface area contributed by atoms with E-state index in [-0.39, 0.29) is 18.0 Å². The Morgan fingerprint density at radius 1 is 1.50 bits per heavy atom. The minimum atomic E-state index is -0.289. The number of halogens is 1. The fourth-order valence-corrected chi connectivity index (χ4v) is 2.38. The van der Waals surface area contributed by atoms with Crippen LogP contribution in [0.15, 0.2) is 12.3 Å². The summed E-state index contributed by atoms with van der Waals surface area (Å²) in [6.07, 6.45) is 1.46. The van der Waals surface area contributed by atoms with Gasteiger partial charge in [-0.2, -0.15) is 0 Å². The van der Waals surface area contributed by atoms with Gasteiger partial charge in [-0.15, -0.1) is 0 Å². The fraction of sp³-hybridized carbons (Fsp3) is 0.667. The summed E-state index contributed by atoms with van der Waals surface area (Å²) in [5.41, 5.74) is 0.902. The molecule has 1 aromatic heterocycles. The first-order chi connectivity index (χ1) is 9.47. The van der Waals surface area contributed by atoms with Crippen molar-refractivity contribution >= 4 is 5.82 Å². The molecule has 0 aromatic carbocycles. The number of rotatable bonds is 4. The van der Waals surface area contributed by atoms with Crippen LogP contribution in [-0.2, 0) is 11.3 Å². The molecule has 1 aliphatic rings. The highest BCUT2D eigenvalue weighted by Gasteiger charge is 2.26. The van der Waals surface area contributed by atoms with E-state index in [2.05, 4.69) is 42.9 Å². The zero-order valence-electron chi connectivity index (χ0n) is 12.7. The van der Waals surface area contributed by atoms with Crippen LogP contribution in [0.5, 0.6) is 0 Å². The van der Waals surface area contributed by atoms with Crippen molar-refractivity contribution < 1.29 is 9.13 Å². The molecular weight excluding hydrogens is 257 g/mol. The van der Waals surface area contributed by atoms with E-state index < -0.39 is 0 Å². The second-order valence-electron chi connectivity index (χ2n) is 5.82. The molecule has 4 nitrogen and oxygen atoms in total. The summed E-state index contributed by atoms with van der Waals surface area (Å²) < 4.78 is 19.1. The van der Waals surface area contributed by atoms with Crippen LogP contribution < -0.4 is 10.2 Å². The molecule has 20 heavy (non-hydrogen) atoms. The maximum atomic E-state index is 13.5. The maximum absolute atomic E-state index is 13.5. The molecule has 0 spiro atoms. The minimum absolute atomic E-state index is 0.170. The van der Waals surface area contributed by atoms with Crippen LogP contribution in [0.25, 0.3) is 0 Å². The van der Waals surface area contributed by atoms with Crippen LogP contribution in [-0.4, -0.2) is 36.3 Å². The largest absolute Gasteiger partial charge is 0.375 e. The molecule has 1 fully saturated rings. The summed E-state index contributed by atoms with van der Waals surface area (Å²) in [5, 5.41) is 3.33. The number of hydrogen-bond acceptors (Lipinski definition) is 4. The molecule has 0 aliphatic carbocycles. The number of hydrogen-bond donors (Lipinski definition) is 1. The lowest BCUT2D eigenvalue weighted by atomic mass is 10.1. The molecule has 2 heterocycles. The number of anilines is 1. The topological polar surface area (TPSA) is 37.4 Å². The minimum Gasteiger partial charge on any atom is -0.375 e. The maximum Gasteiger partial charge on any atom is 0.141 e. The summed E-state index contributed by atoms with van der Waals surface area (Å²) in [4.78, 5) is 6.53.